The van der Waals surface area contributed by atoms with Crippen molar-refractivity contribution in [1.29, 1.82) is 0 Å². The van der Waals surface area contributed by atoms with Gasteiger partial charge in [-0.3, -0.25) is 14.4 Å². The molecule has 0 spiro atoms. The van der Waals surface area contributed by atoms with Crippen molar-refractivity contribution in [2.45, 2.75) is 322 Å². The Balaban J connectivity index is 4.30. The van der Waals surface area contributed by atoms with E-state index in [2.05, 4.69) is 20.8 Å². The van der Waals surface area contributed by atoms with E-state index in [1.165, 1.54) is 218 Å². The lowest BCUT2D eigenvalue weighted by atomic mass is 10.0. The van der Waals surface area contributed by atoms with Crippen molar-refractivity contribution in [3.8, 4) is 0 Å². The molecule has 0 N–H and O–H groups in total. The highest BCUT2D eigenvalue weighted by Gasteiger charge is 2.19. The van der Waals surface area contributed by atoms with Crippen molar-refractivity contribution >= 4 is 17.9 Å². The van der Waals surface area contributed by atoms with Gasteiger partial charge in [0.05, 0.1) is 0 Å². The predicted molar refractivity (Wildman–Crippen MR) is 261 cm³/mol. The number of esters is 3. The Morgan fingerprint density at radius 3 is 0.656 bits per heavy atom. The third kappa shape index (κ3) is 49.3. The molecule has 0 aromatic rings. The Bertz CT molecular complexity index is 905. The van der Waals surface area contributed by atoms with Crippen LogP contribution in [0.4, 0.5) is 0 Å². The first-order valence-electron chi connectivity index (χ1n) is 27.5. The highest BCUT2D eigenvalue weighted by molar-refractivity contribution is 5.71. The van der Waals surface area contributed by atoms with Gasteiger partial charge in [-0.2, -0.15) is 0 Å². The van der Waals surface area contributed by atoms with Crippen LogP contribution in [-0.2, 0) is 28.6 Å². The van der Waals surface area contributed by atoms with Crippen molar-refractivity contribution < 1.29 is 28.6 Å². The van der Waals surface area contributed by atoms with Crippen LogP contribution in [0.5, 0.6) is 0 Å². The van der Waals surface area contributed by atoms with Crippen LogP contribution in [0.2, 0.25) is 0 Å². The van der Waals surface area contributed by atoms with Crippen LogP contribution in [-0.4, -0.2) is 37.2 Å². The molecule has 0 amide bonds. The van der Waals surface area contributed by atoms with Gasteiger partial charge >= 0.3 is 17.9 Å². The van der Waals surface area contributed by atoms with Crippen LogP contribution in [0.25, 0.3) is 0 Å². The molecule has 61 heavy (non-hydrogen) atoms. The lowest BCUT2D eigenvalue weighted by Crippen LogP contribution is -2.30. The monoisotopic (exact) mass is 863 g/mol. The molecule has 0 saturated heterocycles. The van der Waals surface area contributed by atoms with Gasteiger partial charge in [-0.1, -0.05) is 278 Å². The molecular weight excluding hydrogens is 757 g/mol. The minimum absolute atomic E-state index is 0.0613. The largest absolute Gasteiger partial charge is 0.462 e. The fourth-order valence-electron chi connectivity index (χ4n) is 8.45. The van der Waals surface area contributed by atoms with Crippen molar-refractivity contribution in [3.05, 3.63) is 0 Å². The molecule has 0 aromatic heterocycles. The first-order valence-corrected chi connectivity index (χ1v) is 27.5. The Labute approximate surface area is 380 Å². The summed E-state index contributed by atoms with van der Waals surface area (Å²) in [5.41, 5.74) is 0. The molecule has 6 heteroatoms. The summed E-state index contributed by atoms with van der Waals surface area (Å²) in [5, 5.41) is 0. The van der Waals surface area contributed by atoms with Crippen LogP contribution < -0.4 is 0 Å². The zero-order valence-electron chi connectivity index (χ0n) is 41.5. The number of hydrogen-bond donors (Lipinski definition) is 0. The average Bonchev–Trinajstić information content (AvgIpc) is 3.26. The first-order chi connectivity index (χ1) is 30.0. The first kappa shape index (κ1) is 59.4. The summed E-state index contributed by atoms with van der Waals surface area (Å²) >= 11 is 0. The normalized spacial score (nSPS) is 11.9. The zero-order valence-corrected chi connectivity index (χ0v) is 41.5. The van der Waals surface area contributed by atoms with E-state index in [4.69, 9.17) is 14.2 Å². The molecule has 0 aliphatic carbocycles. The Morgan fingerprint density at radius 2 is 0.443 bits per heavy atom. The van der Waals surface area contributed by atoms with Gasteiger partial charge in [0, 0.05) is 19.3 Å². The molecule has 0 radical (unpaired) electrons. The van der Waals surface area contributed by atoms with E-state index in [9.17, 15) is 14.4 Å². The fraction of sp³-hybridized carbons (Fsp3) is 0.945. The molecule has 362 valence electrons. The highest BCUT2D eigenvalue weighted by atomic mass is 16.6. The quantitative estimate of drug-likeness (QED) is 0.0344. The van der Waals surface area contributed by atoms with E-state index in [1.54, 1.807) is 0 Å². The minimum Gasteiger partial charge on any atom is -0.462 e. The van der Waals surface area contributed by atoms with E-state index < -0.39 is 6.10 Å². The van der Waals surface area contributed by atoms with Crippen LogP contribution in [0.15, 0.2) is 0 Å². The summed E-state index contributed by atoms with van der Waals surface area (Å²) in [4.78, 5) is 38.0. The molecule has 0 rings (SSSR count). The maximum Gasteiger partial charge on any atom is 0.306 e. The van der Waals surface area contributed by atoms with Gasteiger partial charge in [-0.25, -0.2) is 0 Å². The molecule has 0 unspecified atom stereocenters. The smallest absolute Gasteiger partial charge is 0.306 e. The van der Waals surface area contributed by atoms with Gasteiger partial charge in [0.15, 0.2) is 6.10 Å². The number of carbonyl (C=O) groups is 3. The lowest BCUT2D eigenvalue weighted by molar-refractivity contribution is -0.167. The minimum atomic E-state index is -0.760. The Kier molecular flexibility index (Phi) is 49.7. The Morgan fingerprint density at radius 1 is 0.262 bits per heavy atom. The van der Waals surface area contributed by atoms with E-state index in [-0.39, 0.29) is 31.1 Å². The van der Waals surface area contributed by atoms with Crippen LogP contribution in [0, 0.1) is 0 Å². The maximum atomic E-state index is 12.8. The number of hydrogen-bond acceptors (Lipinski definition) is 6. The third-order valence-corrected chi connectivity index (χ3v) is 12.6. The summed E-state index contributed by atoms with van der Waals surface area (Å²) in [7, 11) is 0. The third-order valence-electron chi connectivity index (χ3n) is 12.6. The molecule has 0 fully saturated rings. The standard InChI is InChI=1S/C55H106O6/c1-4-7-10-13-16-19-22-25-27-30-33-36-39-42-45-48-54(57)60-51-52(50-59-53(56)47-44-41-38-35-32-29-24-21-18-15-12-9-6-3)61-55(58)49-46-43-40-37-34-31-28-26-23-20-17-14-11-8-5-2/h52H,4-51H2,1-3H3/t52-/m0/s1. The van der Waals surface area contributed by atoms with E-state index in [1.807, 2.05) is 0 Å². The van der Waals surface area contributed by atoms with Crippen molar-refractivity contribution in [2.75, 3.05) is 13.2 Å². The molecule has 0 aliphatic heterocycles. The van der Waals surface area contributed by atoms with Crippen molar-refractivity contribution in [3.63, 3.8) is 0 Å². The van der Waals surface area contributed by atoms with Gasteiger partial charge in [-0.15, -0.1) is 0 Å². The zero-order chi connectivity index (χ0) is 44.4. The second-order valence-corrected chi connectivity index (χ2v) is 18.9. The molecule has 1 atom stereocenters. The molecule has 0 heterocycles. The van der Waals surface area contributed by atoms with Gasteiger partial charge < -0.3 is 14.2 Å². The number of carbonyl (C=O) groups excluding carboxylic acids is 3. The second kappa shape index (κ2) is 51.0. The average molecular weight is 863 g/mol. The summed E-state index contributed by atoms with van der Waals surface area (Å²) in [6.45, 7) is 6.70. The fourth-order valence-corrected chi connectivity index (χ4v) is 8.45. The van der Waals surface area contributed by atoms with Crippen molar-refractivity contribution in [1.82, 2.24) is 0 Å². The topological polar surface area (TPSA) is 78.9 Å². The Hall–Kier alpha value is -1.59. The maximum absolute atomic E-state index is 12.8. The molecule has 0 aliphatic rings. The molecular formula is C55H106O6. The summed E-state index contributed by atoms with van der Waals surface area (Å²) in [6, 6.07) is 0. The van der Waals surface area contributed by atoms with Crippen molar-refractivity contribution in [2.24, 2.45) is 0 Å². The molecule has 0 saturated carbocycles. The summed E-state index contributed by atoms with van der Waals surface area (Å²) < 4.78 is 16.9. The van der Waals surface area contributed by atoms with E-state index >= 15 is 0 Å². The van der Waals surface area contributed by atoms with E-state index in [0.29, 0.717) is 19.3 Å². The van der Waals surface area contributed by atoms with Gasteiger partial charge in [0.2, 0.25) is 0 Å². The molecule has 0 aromatic carbocycles. The summed E-state index contributed by atoms with van der Waals surface area (Å²) in [6.07, 6.45) is 55.1. The highest BCUT2D eigenvalue weighted by Crippen LogP contribution is 2.17. The SMILES string of the molecule is CCCCCCCCCCCCCCCCCC(=O)OC[C@H](COC(=O)CCCCCCCCCCCCCCC)OC(=O)CCCCCCCCCCCCCCCCC. The number of ether oxygens (including phenoxy) is 3. The van der Waals surface area contributed by atoms with Gasteiger partial charge in [-0.05, 0) is 19.3 Å². The van der Waals surface area contributed by atoms with Gasteiger partial charge in [0.25, 0.3) is 0 Å². The van der Waals surface area contributed by atoms with Gasteiger partial charge in [0.1, 0.15) is 13.2 Å². The summed E-state index contributed by atoms with van der Waals surface area (Å²) in [5.74, 6) is -0.835. The van der Waals surface area contributed by atoms with Crippen LogP contribution in [0.3, 0.4) is 0 Å². The second-order valence-electron chi connectivity index (χ2n) is 18.9. The number of rotatable bonds is 51. The lowest BCUT2D eigenvalue weighted by Gasteiger charge is -2.18. The predicted octanol–water partition coefficient (Wildman–Crippen LogP) is 18.0. The van der Waals surface area contributed by atoms with Crippen LogP contribution in [0.1, 0.15) is 316 Å². The molecule has 6 nitrogen and oxygen atoms in total. The van der Waals surface area contributed by atoms with E-state index in [0.717, 1.165) is 57.8 Å². The van der Waals surface area contributed by atoms with Crippen LogP contribution >= 0.6 is 0 Å². The number of unbranched alkanes of at least 4 members (excludes halogenated alkanes) is 40. The molecule has 0 bridgehead atoms.